The standard InChI is InChI=1S/C16H25N3O6S/c1-24-8-6-19-11-13(10-17-19)26(22,23)18-14(15(20)21)12-3-7-25-16(9-12)4-2-5-16/h10-12,14,18H,2-9H2,1H3,(H,20,21). The van der Waals surface area contributed by atoms with E-state index in [1.165, 1.54) is 17.1 Å². The maximum absolute atomic E-state index is 12.6. The highest BCUT2D eigenvalue weighted by Crippen LogP contribution is 2.45. The first-order chi connectivity index (χ1) is 12.4. The Kier molecular flexibility index (Phi) is 5.66. The van der Waals surface area contributed by atoms with Crippen LogP contribution in [0, 0.1) is 5.92 Å². The fraction of sp³-hybridized carbons (Fsp3) is 0.750. The SMILES string of the molecule is COCCn1cc(S(=O)(=O)NC(C(=O)O)C2CCOC3(CCC3)C2)cn1. The first kappa shape index (κ1) is 19.3. The maximum atomic E-state index is 12.6. The Hall–Kier alpha value is -1.49. The summed E-state index contributed by atoms with van der Waals surface area (Å²) in [5.74, 6) is -1.46. The van der Waals surface area contributed by atoms with E-state index >= 15 is 0 Å². The van der Waals surface area contributed by atoms with Gasteiger partial charge in [-0.05, 0) is 38.0 Å². The highest BCUT2D eigenvalue weighted by atomic mass is 32.2. The van der Waals surface area contributed by atoms with Gasteiger partial charge in [0, 0.05) is 19.9 Å². The smallest absolute Gasteiger partial charge is 0.322 e. The third-order valence-corrected chi connectivity index (χ3v) is 6.66. The van der Waals surface area contributed by atoms with E-state index in [2.05, 4.69) is 9.82 Å². The minimum atomic E-state index is -3.98. The van der Waals surface area contributed by atoms with Gasteiger partial charge in [-0.25, -0.2) is 8.42 Å². The van der Waals surface area contributed by atoms with Crippen LogP contribution in [0.4, 0.5) is 0 Å². The lowest BCUT2D eigenvalue weighted by Crippen LogP contribution is -2.53. The number of aromatic nitrogens is 2. The zero-order valence-corrected chi connectivity index (χ0v) is 15.6. The number of carboxylic acids is 1. The molecule has 9 nitrogen and oxygen atoms in total. The third kappa shape index (κ3) is 4.08. The molecule has 0 aromatic carbocycles. The molecule has 0 amide bonds. The summed E-state index contributed by atoms with van der Waals surface area (Å²) in [5, 5.41) is 13.6. The molecular formula is C16H25N3O6S. The van der Waals surface area contributed by atoms with E-state index in [9.17, 15) is 18.3 Å². The first-order valence-corrected chi connectivity index (χ1v) is 10.2. The van der Waals surface area contributed by atoms with Crippen LogP contribution in [0.15, 0.2) is 17.3 Å². The summed E-state index contributed by atoms with van der Waals surface area (Å²) in [6.07, 6.45) is 6.57. The van der Waals surface area contributed by atoms with Crippen molar-refractivity contribution in [2.45, 2.75) is 55.2 Å². The minimum absolute atomic E-state index is 0.0507. The topological polar surface area (TPSA) is 120 Å². The summed E-state index contributed by atoms with van der Waals surface area (Å²) < 4.78 is 39.8. The normalized spacial score (nSPS) is 23.5. The summed E-state index contributed by atoms with van der Waals surface area (Å²) in [4.78, 5) is 11.7. The van der Waals surface area contributed by atoms with Crippen molar-refractivity contribution in [2.24, 2.45) is 5.92 Å². The molecule has 1 saturated heterocycles. The number of carboxylic acid groups (broad SMARTS) is 1. The van der Waals surface area contributed by atoms with Crippen molar-refractivity contribution in [3.8, 4) is 0 Å². The van der Waals surface area contributed by atoms with E-state index in [1.807, 2.05) is 0 Å². The second-order valence-electron chi connectivity index (χ2n) is 7.01. The highest BCUT2D eigenvalue weighted by molar-refractivity contribution is 7.89. The van der Waals surface area contributed by atoms with Crippen LogP contribution >= 0.6 is 0 Å². The molecule has 1 spiro atoms. The van der Waals surface area contributed by atoms with E-state index in [-0.39, 0.29) is 16.4 Å². The Morgan fingerprint density at radius 1 is 1.58 bits per heavy atom. The fourth-order valence-corrected chi connectivity index (χ4v) is 4.85. The second kappa shape index (κ2) is 7.63. The molecule has 1 aromatic rings. The van der Waals surface area contributed by atoms with Gasteiger partial charge in [0.1, 0.15) is 10.9 Å². The highest BCUT2D eigenvalue weighted by Gasteiger charge is 2.46. The van der Waals surface area contributed by atoms with Gasteiger partial charge in [-0.1, -0.05) is 0 Å². The summed E-state index contributed by atoms with van der Waals surface area (Å²) >= 11 is 0. The quantitative estimate of drug-likeness (QED) is 0.670. The number of carbonyl (C=O) groups is 1. The van der Waals surface area contributed by atoms with Crippen LogP contribution < -0.4 is 4.72 Å². The Morgan fingerprint density at radius 2 is 2.35 bits per heavy atom. The molecule has 26 heavy (non-hydrogen) atoms. The van der Waals surface area contributed by atoms with Gasteiger partial charge in [0.05, 0.1) is 24.9 Å². The molecule has 0 bridgehead atoms. The second-order valence-corrected chi connectivity index (χ2v) is 8.72. The molecular weight excluding hydrogens is 362 g/mol. The number of ether oxygens (including phenoxy) is 2. The molecule has 1 aliphatic carbocycles. The molecule has 1 aromatic heterocycles. The van der Waals surface area contributed by atoms with Gasteiger partial charge >= 0.3 is 5.97 Å². The van der Waals surface area contributed by atoms with Crippen molar-refractivity contribution in [3.63, 3.8) is 0 Å². The van der Waals surface area contributed by atoms with Crippen molar-refractivity contribution in [1.29, 1.82) is 0 Å². The van der Waals surface area contributed by atoms with Crippen LogP contribution in [0.2, 0.25) is 0 Å². The number of aliphatic carboxylic acids is 1. The molecule has 10 heteroatoms. The van der Waals surface area contributed by atoms with Crippen molar-refractivity contribution >= 4 is 16.0 Å². The third-order valence-electron chi connectivity index (χ3n) is 5.26. The Labute approximate surface area is 152 Å². The molecule has 2 N–H and O–H groups in total. The number of nitrogens with zero attached hydrogens (tertiary/aromatic N) is 2. The number of rotatable bonds is 8. The lowest BCUT2D eigenvalue weighted by atomic mass is 9.70. The zero-order valence-electron chi connectivity index (χ0n) is 14.8. The average Bonchev–Trinajstić information content (AvgIpc) is 3.06. The maximum Gasteiger partial charge on any atom is 0.322 e. The van der Waals surface area contributed by atoms with E-state index in [0.717, 1.165) is 19.3 Å². The number of hydrogen-bond donors (Lipinski definition) is 2. The Bertz CT molecular complexity index is 743. The molecule has 0 radical (unpaired) electrons. The van der Waals surface area contributed by atoms with Crippen LogP contribution in [-0.4, -0.2) is 61.2 Å². The van der Waals surface area contributed by atoms with Crippen LogP contribution in [0.1, 0.15) is 32.1 Å². The van der Waals surface area contributed by atoms with E-state index in [0.29, 0.717) is 32.6 Å². The molecule has 2 fully saturated rings. The van der Waals surface area contributed by atoms with Gasteiger partial charge < -0.3 is 14.6 Å². The van der Waals surface area contributed by atoms with Gasteiger partial charge in [-0.15, -0.1) is 0 Å². The Morgan fingerprint density at radius 3 is 2.96 bits per heavy atom. The summed E-state index contributed by atoms with van der Waals surface area (Å²) in [7, 11) is -2.44. The molecule has 2 aliphatic rings. The molecule has 146 valence electrons. The van der Waals surface area contributed by atoms with Crippen LogP contribution in [0.3, 0.4) is 0 Å². The molecule has 1 saturated carbocycles. The van der Waals surface area contributed by atoms with E-state index < -0.39 is 22.0 Å². The molecule has 3 rings (SSSR count). The van der Waals surface area contributed by atoms with Crippen molar-refractivity contribution in [1.82, 2.24) is 14.5 Å². The Balaban J connectivity index is 1.72. The fourth-order valence-electron chi connectivity index (χ4n) is 3.64. The zero-order chi connectivity index (χ0) is 18.8. The van der Waals surface area contributed by atoms with Gasteiger partial charge in [0.15, 0.2) is 0 Å². The number of nitrogens with one attached hydrogen (secondary N) is 1. The number of hydrogen-bond acceptors (Lipinski definition) is 6. The van der Waals surface area contributed by atoms with Gasteiger partial charge in [-0.2, -0.15) is 9.82 Å². The minimum Gasteiger partial charge on any atom is -0.480 e. The summed E-state index contributed by atoms with van der Waals surface area (Å²) in [6.45, 7) is 1.28. The van der Waals surface area contributed by atoms with E-state index in [1.54, 1.807) is 7.11 Å². The molecule has 2 atom stereocenters. The van der Waals surface area contributed by atoms with Crippen LogP contribution in [-0.2, 0) is 30.8 Å². The lowest BCUT2D eigenvalue weighted by molar-refractivity contribution is -0.157. The van der Waals surface area contributed by atoms with Crippen LogP contribution in [0.5, 0.6) is 0 Å². The van der Waals surface area contributed by atoms with Crippen molar-refractivity contribution in [3.05, 3.63) is 12.4 Å². The molecule has 1 aliphatic heterocycles. The first-order valence-electron chi connectivity index (χ1n) is 8.76. The van der Waals surface area contributed by atoms with Crippen molar-refractivity contribution < 1.29 is 27.8 Å². The lowest BCUT2D eigenvalue weighted by Gasteiger charge is -2.48. The summed E-state index contributed by atoms with van der Waals surface area (Å²) in [5.41, 5.74) is -0.257. The molecule has 2 unspecified atom stereocenters. The van der Waals surface area contributed by atoms with Gasteiger partial charge in [0.25, 0.3) is 0 Å². The predicted molar refractivity (Wildman–Crippen MR) is 91.1 cm³/mol. The van der Waals surface area contributed by atoms with Crippen molar-refractivity contribution in [2.75, 3.05) is 20.3 Å². The molecule has 2 heterocycles. The predicted octanol–water partition coefficient (Wildman–Crippen LogP) is 0.610. The summed E-state index contributed by atoms with van der Waals surface area (Å²) in [6, 6.07) is -1.18. The van der Waals surface area contributed by atoms with E-state index in [4.69, 9.17) is 9.47 Å². The largest absolute Gasteiger partial charge is 0.480 e. The van der Waals surface area contributed by atoms with Crippen LogP contribution in [0.25, 0.3) is 0 Å². The van der Waals surface area contributed by atoms with Gasteiger partial charge in [-0.3, -0.25) is 9.48 Å². The monoisotopic (exact) mass is 387 g/mol. The van der Waals surface area contributed by atoms with Gasteiger partial charge in [0.2, 0.25) is 10.0 Å². The number of methoxy groups -OCH3 is 1. The number of sulfonamides is 1. The average molecular weight is 387 g/mol.